The van der Waals surface area contributed by atoms with Crippen LogP contribution in [-0.4, -0.2) is 0 Å². The van der Waals surface area contributed by atoms with Gasteiger partial charge in [-0.25, -0.2) is 4.79 Å². The van der Waals surface area contributed by atoms with Crippen molar-refractivity contribution in [3.63, 3.8) is 0 Å². The highest BCUT2D eigenvalue weighted by Gasteiger charge is 2.10. The van der Waals surface area contributed by atoms with Gasteiger partial charge in [0.15, 0.2) is 0 Å². The number of aryl methyl sites for hydroxylation is 1. The molecular formula is C17H23NO2. The zero-order valence-electron chi connectivity index (χ0n) is 12.2. The van der Waals surface area contributed by atoms with Crippen LogP contribution < -0.4 is 11.4 Å². The fourth-order valence-electron chi connectivity index (χ4n) is 2.58. The summed E-state index contributed by atoms with van der Waals surface area (Å²) in [6, 6.07) is 7.62. The molecule has 1 aromatic heterocycles. The summed E-state index contributed by atoms with van der Waals surface area (Å²) in [5.41, 5.74) is 7.35. The number of nitrogens with two attached hydrogens (primary N) is 1. The molecule has 0 fully saturated rings. The van der Waals surface area contributed by atoms with E-state index in [-0.39, 0.29) is 5.69 Å². The Labute approximate surface area is 119 Å². The standard InChI is InChI=1S/C17H23NO2/c1-2-3-4-5-6-7-11-14-13-10-8-9-12-15(13)20-17(19)16(14)18/h8-10,12H,2-7,11,18H2,1H3. The second-order valence-electron chi connectivity index (χ2n) is 5.30. The summed E-state index contributed by atoms with van der Waals surface area (Å²) in [4.78, 5) is 11.7. The summed E-state index contributed by atoms with van der Waals surface area (Å²) in [5, 5.41) is 0.971. The van der Waals surface area contributed by atoms with Crippen molar-refractivity contribution in [3.05, 3.63) is 40.2 Å². The van der Waals surface area contributed by atoms with E-state index in [4.69, 9.17) is 10.2 Å². The Kier molecular flexibility index (Phi) is 5.22. The summed E-state index contributed by atoms with van der Waals surface area (Å²) in [6.07, 6.45) is 8.23. The summed E-state index contributed by atoms with van der Waals surface area (Å²) in [7, 11) is 0. The van der Waals surface area contributed by atoms with Crippen molar-refractivity contribution in [3.8, 4) is 0 Å². The number of fused-ring (bicyclic) bond motifs is 1. The van der Waals surface area contributed by atoms with E-state index in [1.54, 1.807) is 0 Å². The number of hydrogen-bond acceptors (Lipinski definition) is 3. The lowest BCUT2D eigenvalue weighted by molar-refractivity contribution is 0.560. The minimum absolute atomic E-state index is 0.275. The molecule has 108 valence electrons. The second kappa shape index (κ2) is 7.13. The normalized spacial score (nSPS) is 11.1. The van der Waals surface area contributed by atoms with Gasteiger partial charge in [-0.15, -0.1) is 0 Å². The predicted octanol–water partition coefficient (Wildman–Crippen LogP) is 4.28. The summed E-state index contributed by atoms with van der Waals surface area (Å²) in [6.45, 7) is 2.22. The Morgan fingerprint density at radius 2 is 1.75 bits per heavy atom. The number of rotatable bonds is 7. The molecule has 2 rings (SSSR count). The number of para-hydroxylation sites is 1. The van der Waals surface area contributed by atoms with Crippen LogP contribution in [0.2, 0.25) is 0 Å². The van der Waals surface area contributed by atoms with Crippen LogP contribution in [0.3, 0.4) is 0 Å². The molecule has 0 unspecified atom stereocenters. The third kappa shape index (κ3) is 3.41. The van der Waals surface area contributed by atoms with Crippen molar-refractivity contribution in [1.29, 1.82) is 0 Å². The lowest BCUT2D eigenvalue weighted by Gasteiger charge is -2.08. The van der Waals surface area contributed by atoms with Gasteiger partial charge in [0.1, 0.15) is 11.3 Å². The number of benzene rings is 1. The molecule has 0 aliphatic rings. The van der Waals surface area contributed by atoms with Crippen LogP contribution in [-0.2, 0) is 6.42 Å². The monoisotopic (exact) mass is 273 g/mol. The minimum atomic E-state index is -0.412. The van der Waals surface area contributed by atoms with Crippen LogP contribution in [0.25, 0.3) is 11.0 Å². The van der Waals surface area contributed by atoms with E-state index in [1.165, 1.54) is 32.1 Å². The van der Waals surface area contributed by atoms with Crippen LogP contribution in [0, 0.1) is 0 Å². The van der Waals surface area contributed by atoms with Crippen molar-refractivity contribution < 1.29 is 4.42 Å². The van der Waals surface area contributed by atoms with Gasteiger partial charge < -0.3 is 10.2 Å². The van der Waals surface area contributed by atoms with Crippen molar-refractivity contribution >= 4 is 16.7 Å². The van der Waals surface area contributed by atoms with Crippen LogP contribution in [0.5, 0.6) is 0 Å². The first-order chi connectivity index (χ1) is 9.74. The number of unbranched alkanes of at least 4 members (excludes halogenated alkanes) is 5. The third-order valence-corrected chi connectivity index (χ3v) is 3.74. The van der Waals surface area contributed by atoms with Crippen LogP contribution in [0.15, 0.2) is 33.5 Å². The Balaban J connectivity index is 2.09. The van der Waals surface area contributed by atoms with Gasteiger partial charge in [-0.3, -0.25) is 0 Å². The first-order valence-electron chi connectivity index (χ1n) is 7.54. The molecule has 2 N–H and O–H groups in total. The van der Waals surface area contributed by atoms with Crippen molar-refractivity contribution in [2.45, 2.75) is 51.9 Å². The van der Waals surface area contributed by atoms with Crippen molar-refractivity contribution in [2.24, 2.45) is 0 Å². The van der Waals surface area contributed by atoms with Gasteiger partial charge in [-0.05, 0) is 24.5 Å². The molecule has 0 aliphatic heterocycles. The maximum atomic E-state index is 11.7. The minimum Gasteiger partial charge on any atom is -0.421 e. The SMILES string of the molecule is CCCCCCCCc1c(N)c(=O)oc2ccccc12. The maximum Gasteiger partial charge on any atom is 0.359 e. The Morgan fingerprint density at radius 3 is 2.55 bits per heavy atom. The van der Waals surface area contributed by atoms with Crippen molar-refractivity contribution in [2.75, 3.05) is 5.73 Å². The average molecular weight is 273 g/mol. The Hall–Kier alpha value is -1.77. The van der Waals surface area contributed by atoms with E-state index in [2.05, 4.69) is 6.92 Å². The summed E-state index contributed by atoms with van der Waals surface area (Å²) in [5.74, 6) is 0. The molecule has 0 radical (unpaired) electrons. The molecule has 20 heavy (non-hydrogen) atoms. The Bertz CT molecular complexity index is 616. The van der Waals surface area contributed by atoms with Gasteiger partial charge in [-0.1, -0.05) is 57.2 Å². The molecule has 0 amide bonds. The molecule has 1 heterocycles. The average Bonchev–Trinajstić information content (AvgIpc) is 2.46. The molecular weight excluding hydrogens is 250 g/mol. The first-order valence-corrected chi connectivity index (χ1v) is 7.54. The molecule has 0 aliphatic carbocycles. The zero-order chi connectivity index (χ0) is 14.4. The molecule has 3 heteroatoms. The topological polar surface area (TPSA) is 56.2 Å². The van der Waals surface area contributed by atoms with Crippen LogP contribution in [0.1, 0.15) is 51.0 Å². The zero-order valence-corrected chi connectivity index (χ0v) is 12.2. The van der Waals surface area contributed by atoms with E-state index >= 15 is 0 Å². The molecule has 0 bridgehead atoms. The highest BCUT2D eigenvalue weighted by molar-refractivity contribution is 5.84. The molecule has 0 atom stereocenters. The van der Waals surface area contributed by atoms with E-state index < -0.39 is 5.63 Å². The van der Waals surface area contributed by atoms with E-state index in [1.807, 2.05) is 24.3 Å². The quantitative estimate of drug-likeness (QED) is 0.605. The first kappa shape index (κ1) is 14.6. The van der Waals surface area contributed by atoms with Crippen molar-refractivity contribution in [1.82, 2.24) is 0 Å². The second-order valence-corrected chi connectivity index (χ2v) is 5.30. The number of anilines is 1. The van der Waals surface area contributed by atoms with E-state index in [0.717, 1.165) is 23.8 Å². The van der Waals surface area contributed by atoms with Gasteiger partial charge in [0, 0.05) is 5.39 Å². The number of hydrogen-bond donors (Lipinski definition) is 1. The molecule has 2 aromatic rings. The summed E-state index contributed by atoms with van der Waals surface area (Å²) < 4.78 is 5.21. The highest BCUT2D eigenvalue weighted by Crippen LogP contribution is 2.23. The van der Waals surface area contributed by atoms with Gasteiger partial charge >= 0.3 is 5.63 Å². The maximum absolute atomic E-state index is 11.7. The molecule has 1 aromatic carbocycles. The lowest BCUT2D eigenvalue weighted by atomic mass is 10.0. The molecule has 0 saturated carbocycles. The molecule has 0 saturated heterocycles. The largest absolute Gasteiger partial charge is 0.421 e. The van der Waals surface area contributed by atoms with E-state index in [9.17, 15) is 4.79 Å². The fourth-order valence-corrected chi connectivity index (χ4v) is 2.58. The highest BCUT2D eigenvalue weighted by atomic mass is 16.4. The van der Waals surface area contributed by atoms with Gasteiger partial charge in [-0.2, -0.15) is 0 Å². The Morgan fingerprint density at radius 1 is 1.05 bits per heavy atom. The van der Waals surface area contributed by atoms with Crippen LogP contribution in [0.4, 0.5) is 5.69 Å². The molecule has 3 nitrogen and oxygen atoms in total. The predicted molar refractivity (Wildman–Crippen MR) is 84.0 cm³/mol. The van der Waals surface area contributed by atoms with Gasteiger partial charge in [0.2, 0.25) is 0 Å². The smallest absolute Gasteiger partial charge is 0.359 e. The lowest BCUT2D eigenvalue weighted by Crippen LogP contribution is -2.10. The van der Waals surface area contributed by atoms with Crippen LogP contribution >= 0.6 is 0 Å². The van der Waals surface area contributed by atoms with E-state index in [0.29, 0.717) is 5.58 Å². The third-order valence-electron chi connectivity index (χ3n) is 3.74. The summed E-state index contributed by atoms with van der Waals surface area (Å²) >= 11 is 0. The van der Waals surface area contributed by atoms with Gasteiger partial charge in [0.05, 0.1) is 0 Å². The van der Waals surface area contributed by atoms with Gasteiger partial charge in [0.25, 0.3) is 0 Å². The fraction of sp³-hybridized carbons (Fsp3) is 0.471. The number of nitrogen functional groups attached to an aromatic ring is 1. The molecule has 0 spiro atoms.